The fourth-order valence-corrected chi connectivity index (χ4v) is 5.12. The minimum absolute atomic E-state index is 0.00155. The third-order valence-corrected chi connectivity index (χ3v) is 7.44. The number of likely N-dealkylation sites (N-methyl/N-ethyl adjacent to an activating group) is 1. The van der Waals surface area contributed by atoms with E-state index in [4.69, 9.17) is 0 Å². The normalized spacial score (nSPS) is 15.0. The first kappa shape index (κ1) is 22.3. The van der Waals surface area contributed by atoms with Crippen LogP contribution in [0.5, 0.6) is 0 Å². The van der Waals surface area contributed by atoms with Crippen LogP contribution in [0.1, 0.15) is 30.4 Å². The number of nitrogens with zero attached hydrogens (tertiary/aromatic N) is 3. The lowest BCUT2D eigenvalue weighted by Gasteiger charge is -2.25. The molecule has 6 nitrogen and oxygen atoms in total. The zero-order valence-electron chi connectivity index (χ0n) is 18.0. The Hall–Kier alpha value is -2.38. The molecule has 1 heterocycles. The van der Waals surface area contributed by atoms with E-state index in [0.717, 1.165) is 36.1 Å². The van der Waals surface area contributed by atoms with Gasteiger partial charge in [0, 0.05) is 46.5 Å². The van der Waals surface area contributed by atoms with Crippen molar-refractivity contribution < 1.29 is 13.2 Å². The molecule has 0 bridgehead atoms. The van der Waals surface area contributed by atoms with E-state index in [1.807, 2.05) is 43.3 Å². The third kappa shape index (κ3) is 5.40. The molecule has 0 N–H and O–H groups in total. The Kier molecular flexibility index (Phi) is 7.15. The molecule has 0 aliphatic carbocycles. The van der Waals surface area contributed by atoms with Gasteiger partial charge in [-0.3, -0.25) is 4.79 Å². The highest BCUT2D eigenvalue weighted by molar-refractivity contribution is 7.89. The third-order valence-electron chi connectivity index (χ3n) is 5.53. The van der Waals surface area contributed by atoms with Gasteiger partial charge in [0.2, 0.25) is 15.9 Å². The van der Waals surface area contributed by atoms with E-state index < -0.39 is 10.0 Å². The van der Waals surface area contributed by atoms with Crippen molar-refractivity contribution in [3.05, 3.63) is 59.7 Å². The lowest BCUT2D eigenvalue weighted by molar-refractivity contribution is -0.129. The van der Waals surface area contributed by atoms with Crippen molar-refractivity contribution in [2.45, 2.75) is 37.1 Å². The SMILES string of the molecule is CN(Cc1ccc(N(C)C)cc1)C(=O)Cc1ccc(S(=O)(=O)N2CCCCC2)cc1. The van der Waals surface area contributed by atoms with Gasteiger partial charge in [0.05, 0.1) is 11.3 Å². The van der Waals surface area contributed by atoms with E-state index in [9.17, 15) is 13.2 Å². The number of benzene rings is 2. The average Bonchev–Trinajstić information content (AvgIpc) is 2.75. The predicted molar refractivity (Wildman–Crippen MR) is 120 cm³/mol. The largest absolute Gasteiger partial charge is 0.378 e. The van der Waals surface area contributed by atoms with Gasteiger partial charge in [0.15, 0.2) is 0 Å². The summed E-state index contributed by atoms with van der Waals surface area (Å²) < 4.78 is 27.1. The minimum atomic E-state index is -3.44. The van der Waals surface area contributed by atoms with Crippen molar-refractivity contribution in [3.8, 4) is 0 Å². The van der Waals surface area contributed by atoms with Gasteiger partial charge in [0.1, 0.15) is 0 Å². The summed E-state index contributed by atoms with van der Waals surface area (Å²) in [5.41, 5.74) is 3.00. The first-order valence-corrected chi connectivity index (χ1v) is 11.8. The molecule has 3 rings (SSSR count). The molecule has 7 heteroatoms. The minimum Gasteiger partial charge on any atom is -0.378 e. The second-order valence-corrected chi connectivity index (χ2v) is 10.0. The Labute approximate surface area is 180 Å². The summed E-state index contributed by atoms with van der Waals surface area (Å²) in [6, 6.07) is 14.9. The zero-order chi connectivity index (χ0) is 21.7. The fraction of sp³-hybridized carbons (Fsp3) is 0.435. The Morgan fingerprint density at radius 2 is 1.43 bits per heavy atom. The lowest BCUT2D eigenvalue weighted by atomic mass is 10.1. The van der Waals surface area contributed by atoms with Crippen LogP contribution in [0, 0.1) is 0 Å². The maximum atomic E-state index is 12.7. The first-order valence-electron chi connectivity index (χ1n) is 10.4. The molecule has 0 spiro atoms. The molecule has 1 amide bonds. The van der Waals surface area contributed by atoms with Gasteiger partial charge in [-0.2, -0.15) is 4.31 Å². The quantitative estimate of drug-likeness (QED) is 0.679. The van der Waals surface area contributed by atoms with Crippen LogP contribution in [0.3, 0.4) is 0 Å². The summed E-state index contributed by atoms with van der Waals surface area (Å²) in [5, 5.41) is 0. The number of hydrogen-bond donors (Lipinski definition) is 0. The van der Waals surface area contributed by atoms with Gasteiger partial charge in [0.25, 0.3) is 0 Å². The van der Waals surface area contributed by atoms with Crippen molar-refractivity contribution in [1.82, 2.24) is 9.21 Å². The maximum Gasteiger partial charge on any atom is 0.243 e. The van der Waals surface area contributed by atoms with Gasteiger partial charge in [-0.1, -0.05) is 30.7 Å². The summed E-state index contributed by atoms with van der Waals surface area (Å²) in [6.45, 7) is 1.71. The van der Waals surface area contributed by atoms with E-state index in [0.29, 0.717) is 24.5 Å². The van der Waals surface area contributed by atoms with E-state index in [2.05, 4.69) is 0 Å². The van der Waals surface area contributed by atoms with Crippen molar-refractivity contribution in [2.24, 2.45) is 0 Å². The number of piperidine rings is 1. The number of anilines is 1. The lowest BCUT2D eigenvalue weighted by Crippen LogP contribution is -2.35. The highest BCUT2D eigenvalue weighted by Crippen LogP contribution is 2.21. The number of hydrogen-bond acceptors (Lipinski definition) is 4. The second-order valence-electron chi connectivity index (χ2n) is 8.10. The molecule has 0 radical (unpaired) electrons. The zero-order valence-corrected chi connectivity index (χ0v) is 18.9. The molecule has 1 saturated heterocycles. The number of sulfonamides is 1. The van der Waals surface area contributed by atoms with Crippen LogP contribution in [0.15, 0.2) is 53.4 Å². The standard InChI is InChI=1S/C23H31N3O3S/c1-24(2)21-11-7-20(8-12-21)18-25(3)23(27)17-19-9-13-22(14-10-19)30(28,29)26-15-5-4-6-16-26/h7-14H,4-6,15-18H2,1-3H3. The molecule has 1 aliphatic rings. The van der Waals surface area contributed by atoms with E-state index in [1.54, 1.807) is 40.5 Å². The van der Waals surface area contributed by atoms with Crippen molar-refractivity contribution in [3.63, 3.8) is 0 Å². The van der Waals surface area contributed by atoms with Gasteiger partial charge < -0.3 is 9.80 Å². The monoisotopic (exact) mass is 429 g/mol. The summed E-state index contributed by atoms with van der Waals surface area (Å²) >= 11 is 0. The molecule has 0 aromatic heterocycles. The van der Waals surface area contributed by atoms with Crippen molar-refractivity contribution >= 4 is 21.6 Å². The van der Waals surface area contributed by atoms with Crippen LogP contribution in [-0.2, 0) is 27.8 Å². The van der Waals surface area contributed by atoms with Crippen LogP contribution in [0.25, 0.3) is 0 Å². The highest BCUT2D eigenvalue weighted by Gasteiger charge is 2.25. The van der Waals surface area contributed by atoms with Gasteiger partial charge in [-0.05, 0) is 48.2 Å². The Morgan fingerprint density at radius 1 is 0.867 bits per heavy atom. The smallest absolute Gasteiger partial charge is 0.243 e. The summed E-state index contributed by atoms with van der Waals surface area (Å²) in [5.74, 6) is -0.00155. The molecule has 0 saturated carbocycles. The van der Waals surface area contributed by atoms with Crippen LogP contribution in [0.2, 0.25) is 0 Å². The van der Waals surface area contributed by atoms with E-state index in [1.165, 1.54) is 0 Å². The molecule has 0 unspecified atom stereocenters. The number of rotatable bonds is 7. The molecular weight excluding hydrogens is 398 g/mol. The molecule has 1 aliphatic heterocycles. The number of amides is 1. The van der Waals surface area contributed by atoms with Crippen LogP contribution >= 0.6 is 0 Å². The van der Waals surface area contributed by atoms with Gasteiger partial charge >= 0.3 is 0 Å². The van der Waals surface area contributed by atoms with Gasteiger partial charge in [-0.15, -0.1) is 0 Å². The predicted octanol–water partition coefficient (Wildman–Crippen LogP) is 3.13. The number of carbonyl (C=O) groups is 1. The van der Waals surface area contributed by atoms with Crippen LogP contribution < -0.4 is 4.90 Å². The second kappa shape index (κ2) is 9.62. The van der Waals surface area contributed by atoms with Crippen molar-refractivity contribution in [2.75, 3.05) is 39.1 Å². The number of carbonyl (C=O) groups excluding carboxylic acids is 1. The Morgan fingerprint density at radius 3 is 2.00 bits per heavy atom. The maximum absolute atomic E-state index is 12.7. The molecule has 2 aromatic carbocycles. The van der Waals surface area contributed by atoms with E-state index in [-0.39, 0.29) is 12.3 Å². The molecule has 1 fully saturated rings. The molecule has 2 aromatic rings. The molecular formula is C23H31N3O3S. The average molecular weight is 430 g/mol. The molecule has 30 heavy (non-hydrogen) atoms. The van der Waals surface area contributed by atoms with Crippen LogP contribution in [0.4, 0.5) is 5.69 Å². The first-order chi connectivity index (χ1) is 14.3. The van der Waals surface area contributed by atoms with Crippen molar-refractivity contribution in [1.29, 1.82) is 0 Å². The molecule has 0 atom stereocenters. The molecule has 162 valence electrons. The Bertz CT molecular complexity index is 948. The highest BCUT2D eigenvalue weighted by atomic mass is 32.2. The topological polar surface area (TPSA) is 60.9 Å². The Balaban J connectivity index is 1.59. The van der Waals surface area contributed by atoms with Crippen LogP contribution in [-0.4, -0.2) is 57.8 Å². The summed E-state index contributed by atoms with van der Waals surface area (Å²) in [4.78, 5) is 16.6. The summed E-state index contributed by atoms with van der Waals surface area (Å²) in [7, 11) is 2.34. The summed E-state index contributed by atoms with van der Waals surface area (Å²) in [6.07, 6.45) is 3.16. The van der Waals surface area contributed by atoms with Gasteiger partial charge in [-0.25, -0.2) is 8.42 Å². The van der Waals surface area contributed by atoms with E-state index >= 15 is 0 Å². The fourth-order valence-electron chi connectivity index (χ4n) is 3.60.